The molecule has 0 radical (unpaired) electrons. The highest BCUT2D eigenvalue weighted by Gasteiger charge is 2.04. The van der Waals surface area contributed by atoms with Crippen LogP contribution in [-0.2, 0) is 16.1 Å². The van der Waals surface area contributed by atoms with Gasteiger partial charge in [-0.15, -0.1) is 11.3 Å². The quantitative estimate of drug-likeness (QED) is 0.736. The largest absolute Gasteiger partial charge is 0.383 e. The van der Waals surface area contributed by atoms with E-state index in [1.165, 1.54) is 15.3 Å². The maximum atomic E-state index is 11.5. The minimum atomic E-state index is -0.00751. The number of methoxy groups -OCH3 is 1. The maximum Gasteiger partial charge on any atom is 0.234 e. The van der Waals surface area contributed by atoms with Crippen LogP contribution in [0, 0.1) is 0 Å². The Balaban J connectivity index is 1.75. The number of carbonyl (C=O) groups is 1. The van der Waals surface area contributed by atoms with Crippen LogP contribution in [0.4, 0.5) is 0 Å². The summed E-state index contributed by atoms with van der Waals surface area (Å²) in [6.07, 6.45) is 0. The molecule has 1 aromatic heterocycles. The van der Waals surface area contributed by atoms with Crippen molar-refractivity contribution in [2.75, 3.05) is 26.8 Å². The number of ether oxygens (including phenoxy) is 1. The Kier molecular flexibility index (Phi) is 6.40. The molecule has 0 spiro atoms. The highest BCUT2D eigenvalue weighted by atomic mass is 32.1. The molecule has 0 fully saturated rings. The summed E-state index contributed by atoms with van der Waals surface area (Å²) < 4.78 is 4.88. The molecule has 2 aromatic rings. The number of nitrogens with one attached hydrogen (secondary N) is 2. The average molecular weight is 304 g/mol. The van der Waals surface area contributed by atoms with Crippen LogP contribution >= 0.6 is 11.3 Å². The Bertz CT molecular complexity index is 554. The lowest BCUT2D eigenvalue weighted by Gasteiger charge is -2.05. The molecule has 1 heterocycles. The van der Waals surface area contributed by atoms with Crippen LogP contribution in [0.25, 0.3) is 10.4 Å². The first kappa shape index (κ1) is 15.7. The molecule has 0 bridgehead atoms. The first-order valence-electron chi connectivity index (χ1n) is 6.90. The number of benzene rings is 1. The van der Waals surface area contributed by atoms with Crippen LogP contribution in [-0.4, -0.2) is 32.7 Å². The lowest BCUT2D eigenvalue weighted by Crippen LogP contribution is -2.35. The van der Waals surface area contributed by atoms with Gasteiger partial charge >= 0.3 is 0 Å². The minimum absolute atomic E-state index is 0.00751. The van der Waals surface area contributed by atoms with Gasteiger partial charge in [-0.3, -0.25) is 4.79 Å². The fraction of sp³-hybridized carbons (Fsp3) is 0.312. The molecule has 0 saturated heterocycles. The van der Waals surface area contributed by atoms with E-state index >= 15 is 0 Å². The number of amides is 1. The Morgan fingerprint density at radius 1 is 1.19 bits per heavy atom. The third-order valence-electron chi connectivity index (χ3n) is 2.93. The third-order valence-corrected chi connectivity index (χ3v) is 4.07. The predicted molar refractivity (Wildman–Crippen MR) is 86.3 cm³/mol. The molecule has 0 saturated carbocycles. The van der Waals surface area contributed by atoms with Crippen LogP contribution in [0.3, 0.4) is 0 Å². The summed E-state index contributed by atoms with van der Waals surface area (Å²) in [4.78, 5) is 14.0. The monoisotopic (exact) mass is 304 g/mol. The van der Waals surface area contributed by atoms with Crippen molar-refractivity contribution in [3.05, 3.63) is 47.3 Å². The average Bonchev–Trinajstić information content (AvgIpc) is 2.97. The zero-order chi connectivity index (χ0) is 14.9. The summed E-state index contributed by atoms with van der Waals surface area (Å²) >= 11 is 1.74. The molecule has 0 aliphatic rings. The summed E-state index contributed by atoms with van der Waals surface area (Å²) in [5.41, 5.74) is 1.23. The molecular formula is C16H20N2O2S. The molecule has 0 unspecified atom stereocenters. The van der Waals surface area contributed by atoms with Crippen molar-refractivity contribution < 1.29 is 9.53 Å². The summed E-state index contributed by atoms with van der Waals surface area (Å²) in [6.45, 7) is 2.11. The van der Waals surface area contributed by atoms with Crippen LogP contribution < -0.4 is 10.6 Å². The maximum absolute atomic E-state index is 11.5. The Morgan fingerprint density at radius 2 is 2.00 bits per heavy atom. The lowest BCUT2D eigenvalue weighted by atomic mass is 10.2. The van der Waals surface area contributed by atoms with E-state index in [9.17, 15) is 4.79 Å². The minimum Gasteiger partial charge on any atom is -0.383 e. The number of thiophene rings is 1. The van der Waals surface area contributed by atoms with Gasteiger partial charge in [-0.05, 0) is 17.7 Å². The standard InChI is InChI=1S/C16H20N2O2S/c1-20-10-9-18-16(19)12-17-11-14-7-8-15(21-14)13-5-3-2-4-6-13/h2-8,17H,9-12H2,1H3,(H,18,19). The van der Waals surface area contributed by atoms with E-state index in [0.29, 0.717) is 26.2 Å². The third kappa shape index (κ3) is 5.30. The van der Waals surface area contributed by atoms with Crippen molar-refractivity contribution in [2.24, 2.45) is 0 Å². The first-order chi connectivity index (χ1) is 10.3. The van der Waals surface area contributed by atoms with Gasteiger partial charge in [0.25, 0.3) is 0 Å². The zero-order valence-corrected chi connectivity index (χ0v) is 12.9. The molecule has 1 amide bonds. The normalized spacial score (nSPS) is 10.5. The molecule has 112 valence electrons. The van der Waals surface area contributed by atoms with Gasteiger partial charge in [0.15, 0.2) is 0 Å². The summed E-state index contributed by atoms with van der Waals surface area (Å²) in [7, 11) is 1.62. The van der Waals surface area contributed by atoms with Crippen LogP contribution in [0.1, 0.15) is 4.88 Å². The predicted octanol–water partition coefficient (Wildman–Crippen LogP) is 2.27. The van der Waals surface area contributed by atoms with Crippen molar-refractivity contribution in [2.45, 2.75) is 6.54 Å². The van der Waals surface area contributed by atoms with E-state index in [1.54, 1.807) is 18.4 Å². The molecule has 0 atom stereocenters. The molecule has 2 rings (SSSR count). The molecule has 0 aliphatic carbocycles. The second kappa shape index (κ2) is 8.56. The topological polar surface area (TPSA) is 50.4 Å². The van der Waals surface area contributed by atoms with Crippen molar-refractivity contribution in [1.82, 2.24) is 10.6 Å². The number of rotatable bonds is 8. The zero-order valence-electron chi connectivity index (χ0n) is 12.1. The summed E-state index contributed by atoms with van der Waals surface area (Å²) in [5, 5.41) is 5.93. The van der Waals surface area contributed by atoms with Gasteiger partial charge in [0.2, 0.25) is 5.91 Å². The van der Waals surface area contributed by atoms with Gasteiger partial charge in [-0.1, -0.05) is 30.3 Å². The van der Waals surface area contributed by atoms with E-state index in [1.807, 2.05) is 18.2 Å². The Hall–Kier alpha value is -1.69. The van der Waals surface area contributed by atoms with Gasteiger partial charge in [0, 0.05) is 30.0 Å². The van der Waals surface area contributed by atoms with E-state index < -0.39 is 0 Å². The van der Waals surface area contributed by atoms with Crippen LogP contribution in [0.5, 0.6) is 0 Å². The molecule has 5 heteroatoms. The van der Waals surface area contributed by atoms with Gasteiger partial charge in [0.05, 0.1) is 13.2 Å². The highest BCUT2D eigenvalue weighted by Crippen LogP contribution is 2.27. The lowest BCUT2D eigenvalue weighted by molar-refractivity contribution is -0.120. The fourth-order valence-electron chi connectivity index (χ4n) is 1.88. The van der Waals surface area contributed by atoms with Crippen molar-refractivity contribution >= 4 is 17.2 Å². The first-order valence-corrected chi connectivity index (χ1v) is 7.71. The Labute approximate surface area is 129 Å². The molecule has 21 heavy (non-hydrogen) atoms. The summed E-state index contributed by atoms with van der Waals surface area (Å²) in [6, 6.07) is 14.5. The SMILES string of the molecule is COCCNC(=O)CNCc1ccc(-c2ccccc2)s1. The number of hydrogen-bond acceptors (Lipinski definition) is 4. The van der Waals surface area contributed by atoms with Crippen LogP contribution in [0.15, 0.2) is 42.5 Å². The van der Waals surface area contributed by atoms with Crippen molar-refractivity contribution in [3.8, 4) is 10.4 Å². The van der Waals surface area contributed by atoms with Gasteiger partial charge in [0.1, 0.15) is 0 Å². The van der Waals surface area contributed by atoms with E-state index in [-0.39, 0.29) is 5.91 Å². The van der Waals surface area contributed by atoms with E-state index in [2.05, 4.69) is 34.9 Å². The second-order valence-corrected chi connectivity index (χ2v) is 5.75. The summed E-state index contributed by atoms with van der Waals surface area (Å²) in [5.74, 6) is -0.00751. The van der Waals surface area contributed by atoms with Gasteiger partial charge in [-0.2, -0.15) is 0 Å². The molecule has 0 aliphatic heterocycles. The highest BCUT2D eigenvalue weighted by molar-refractivity contribution is 7.15. The molecule has 4 nitrogen and oxygen atoms in total. The number of hydrogen-bond donors (Lipinski definition) is 2. The Morgan fingerprint density at radius 3 is 2.76 bits per heavy atom. The van der Waals surface area contributed by atoms with Gasteiger partial charge in [-0.25, -0.2) is 0 Å². The molecular weight excluding hydrogens is 284 g/mol. The smallest absolute Gasteiger partial charge is 0.234 e. The fourth-order valence-corrected chi connectivity index (χ4v) is 2.87. The van der Waals surface area contributed by atoms with E-state index in [0.717, 1.165) is 0 Å². The molecule has 1 aromatic carbocycles. The van der Waals surface area contributed by atoms with Gasteiger partial charge < -0.3 is 15.4 Å². The molecule has 2 N–H and O–H groups in total. The van der Waals surface area contributed by atoms with Crippen LogP contribution in [0.2, 0.25) is 0 Å². The van der Waals surface area contributed by atoms with Crippen molar-refractivity contribution in [1.29, 1.82) is 0 Å². The second-order valence-electron chi connectivity index (χ2n) is 4.58. The van der Waals surface area contributed by atoms with E-state index in [4.69, 9.17) is 4.74 Å². The van der Waals surface area contributed by atoms with Crippen molar-refractivity contribution in [3.63, 3.8) is 0 Å². The number of carbonyl (C=O) groups excluding carboxylic acids is 1.